The van der Waals surface area contributed by atoms with Crippen LogP contribution in [0.3, 0.4) is 0 Å². The molecule has 118 valence electrons. The van der Waals surface area contributed by atoms with Crippen molar-refractivity contribution in [1.82, 2.24) is 4.72 Å². The summed E-state index contributed by atoms with van der Waals surface area (Å²) in [6, 6.07) is 5.96. The van der Waals surface area contributed by atoms with Gasteiger partial charge in [-0.15, -0.1) is 0 Å². The van der Waals surface area contributed by atoms with Crippen LogP contribution in [0, 0.1) is 5.92 Å². The van der Waals surface area contributed by atoms with Crippen molar-refractivity contribution in [2.45, 2.75) is 51.0 Å². The van der Waals surface area contributed by atoms with Gasteiger partial charge >= 0.3 is 5.97 Å². The van der Waals surface area contributed by atoms with E-state index in [1.165, 1.54) is 6.92 Å². The molecular formula is C15H23NO4S. The van der Waals surface area contributed by atoms with Crippen LogP contribution in [0.1, 0.15) is 40.2 Å². The molecule has 0 spiro atoms. The smallest absolute Gasteiger partial charge is 0.307 e. The summed E-state index contributed by atoms with van der Waals surface area (Å²) in [5.41, 5.74) is 0.981. The molecule has 0 aromatic heterocycles. The zero-order valence-electron chi connectivity index (χ0n) is 13.0. The number of nitrogens with one attached hydrogen (secondary N) is 1. The maximum Gasteiger partial charge on any atom is 0.307 e. The minimum atomic E-state index is -3.71. The lowest BCUT2D eigenvalue weighted by Gasteiger charge is -2.20. The first kappa shape index (κ1) is 17.7. The van der Waals surface area contributed by atoms with Crippen molar-refractivity contribution in [3.05, 3.63) is 29.8 Å². The number of sulfonamides is 1. The Kier molecular flexibility index (Phi) is 5.17. The third-order valence-electron chi connectivity index (χ3n) is 3.51. The Balaban J connectivity index is 2.96. The molecule has 6 heteroatoms. The molecule has 0 saturated heterocycles. The molecule has 1 rings (SSSR count). The van der Waals surface area contributed by atoms with Crippen LogP contribution in [0.15, 0.2) is 29.2 Å². The monoisotopic (exact) mass is 313 g/mol. The van der Waals surface area contributed by atoms with Crippen LogP contribution >= 0.6 is 0 Å². The molecule has 2 atom stereocenters. The van der Waals surface area contributed by atoms with E-state index in [9.17, 15) is 13.2 Å². The van der Waals surface area contributed by atoms with Crippen molar-refractivity contribution in [2.24, 2.45) is 5.92 Å². The molecule has 0 fully saturated rings. The molecule has 0 amide bonds. The van der Waals surface area contributed by atoms with Crippen molar-refractivity contribution in [2.75, 3.05) is 0 Å². The third kappa shape index (κ3) is 4.54. The van der Waals surface area contributed by atoms with E-state index in [-0.39, 0.29) is 10.3 Å². The second kappa shape index (κ2) is 6.15. The van der Waals surface area contributed by atoms with Gasteiger partial charge in [-0.1, -0.05) is 39.8 Å². The highest BCUT2D eigenvalue weighted by Crippen LogP contribution is 2.23. The van der Waals surface area contributed by atoms with Gasteiger partial charge in [0, 0.05) is 6.04 Å². The van der Waals surface area contributed by atoms with Crippen molar-refractivity contribution in [1.29, 1.82) is 0 Å². The zero-order valence-corrected chi connectivity index (χ0v) is 13.9. The van der Waals surface area contributed by atoms with E-state index < -0.39 is 28.0 Å². The quantitative estimate of drug-likeness (QED) is 0.874. The Labute approximate surface area is 126 Å². The van der Waals surface area contributed by atoms with Gasteiger partial charge in [-0.3, -0.25) is 4.79 Å². The summed E-state index contributed by atoms with van der Waals surface area (Å²) in [7, 11) is -3.71. The Morgan fingerprint density at radius 3 is 2.00 bits per heavy atom. The maximum absolute atomic E-state index is 12.2. The molecule has 0 radical (unpaired) electrons. The van der Waals surface area contributed by atoms with Gasteiger partial charge in [0.25, 0.3) is 0 Å². The number of benzene rings is 1. The van der Waals surface area contributed by atoms with E-state index in [2.05, 4.69) is 4.72 Å². The van der Waals surface area contributed by atoms with Crippen LogP contribution in [0.25, 0.3) is 0 Å². The molecule has 0 aliphatic heterocycles. The van der Waals surface area contributed by atoms with Crippen LogP contribution in [0.2, 0.25) is 0 Å². The van der Waals surface area contributed by atoms with Gasteiger partial charge in [-0.25, -0.2) is 13.1 Å². The first-order valence-electron chi connectivity index (χ1n) is 6.81. The highest BCUT2D eigenvalue weighted by atomic mass is 32.2. The molecular weight excluding hydrogens is 290 g/mol. The Morgan fingerprint density at radius 1 is 1.14 bits per heavy atom. The van der Waals surface area contributed by atoms with Gasteiger partial charge in [0.15, 0.2) is 0 Å². The zero-order chi connectivity index (χ0) is 16.4. The lowest BCUT2D eigenvalue weighted by Crippen LogP contribution is -2.39. The fourth-order valence-electron chi connectivity index (χ4n) is 1.76. The Bertz CT molecular complexity index is 600. The summed E-state index contributed by atoms with van der Waals surface area (Å²) in [5.74, 6) is -1.83. The summed E-state index contributed by atoms with van der Waals surface area (Å²) in [6.07, 6.45) is 0. The second-order valence-electron chi connectivity index (χ2n) is 6.31. The van der Waals surface area contributed by atoms with Gasteiger partial charge in [-0.05, 0) is 30.0 Å². The number of carbonyl (C=O) groups is 1. The average molecular weight is 313 g/mol. The summed E-state index contributed by atoms with van der Waals surface area (Å²) in [5, 5.41) is 8.91. The van der Waals surface area contributed by atoms with Crippen LogP contribution in [-0.2, 0) is 20.2 Å². The van der Waals surface area contributed by atoms with Gasteiger partial charge in [-0.2, -0.15) is 0 Å². The predicted octanol–water partition coefficient (Wildman–Crippen LogP) is 2.37. The van der Waals surface area contributed by atoms with Gasteiger partial charge < -0.3 is 5.11 Å². The summed E-state index contributed by atoms with van der Waals surface area (Å²) in [4.78, 5) is 11.0. The molecule has 0 heterocycles. The molecule has 21 heavy (non-hydrogen) atoms. The summed E-state index contributed by atoms with van der Waals surface area (Å²) >= 11 is 0. The average Bonchev–Trinajstić information content (AvgIpc) is 2.36. The summed E-state index contributed by atoms with van der Waals surface area (Å²) in [6.45, 7) is 9.15. The van der Waals surface area contributed by atoms with E-state index >= 15 is 0 Å². The molecule has 2 N–H and O–H groups in total. The lowest BCUT2D eigenvalue weighted by molar-refractivity contribution is -0.141. The molecule has 0 bridgehead atoms. The Morgan fingerprint density at radius 2 is 1.62 bits per heavy atom. The number of carboxylic acid groups (broad SMARTS) is 1. The SMILES string of the molecule is CC(NS(=O)(=O)c1ccc(C(C)(C)C)cc1)C(C)C(=O)O. The third-order valence-corrected chi connectivity index (χ3v) is 5.09. The highest BCUT2D eigenvalue weighted by molar-refractivity contribution is 7.89. The van der Waals surface area contributed by atoms with Crippen molar-refractivity contribution >= 4 is 16.0 Å². The maximum atomic E-state index is 12.2. The second-order valence-corrected chi connectivity index (χ2v) is 8.03. The van der Waals surface area contributed by atoms with Gasteiger partial charge in [0.2, 0.25) is 10.0 Å². The van der Waals surface area contributed by atoms with E-state index in [4.69, 9.17) is 5.11 Å². The molecule has 1 aromatic carbocycles. The summed E-state index contributed by atoms with van der Waals surface area (Å²) < 4.78 is 26.9. The van der Waals surface area contributed by atoms with Crippen LogP contribution in [0.5, 0.6) is 0 Å². The molecule has 0 saturated carbocycles. The molecule has 0 aliphatic rings. The van der Waals surface area contributed by atoms with Gasteiger partial charge in [0.05, 0.1) is 10.8 Å². The first-order chi connectivity index (χ1) is 9.45. The molecule has 1 aromatic rings. The van der Waals surface area contributed by atoms with Crippen LogP contribution in [0.4, 0.5) is 0 Å². The molecule has 5 nitrogen and oxygen atoms in total. The van der Waals surface area contributed by atoms with Crippen LogP contribution < -0.4 is 4.72 Å². The van der Waals surface area contributed by atoms with Crippen molar-refractivity contribution in [3.8, 4) is 0 Å². The van der Waals surface area contributed by atoms with Gasteiger partial charge in [0.1, 0.15) is 0 Å². The van der Waals surface area contributed by atoms with E-state index in [1.807, 2.05) is 20.8 Å². The number of hydrogen-bond donors (Lipinski definition) is 2. The topological polar surface area (TPSA) is 83.5 Å². The predicted molar refractivity (Wildman–Crippen MR) is 81.7 cm³/mol. The minimum absolute atomic E-state index is 0.0547. The minimum Gasteiger partial charge on any atom is -0.481 e. The van der Waals surface area contributed by atoms with E-state index in [0.717, 1.165) is 5.56 Å². The Hall–Kier alpha value is -1.40. The fraction of sp³-hybridized carbons (Fsp3) is 0.533. The fourth-order valence-corrected chi connectivity index (χ4v) is 3.09. The van der Waals surface area contributed by atoms with Crippen molar-refractivity contribution < 1.29 is 18.3 Å². The number of rotatable bonds is 5. The van der Waals surface area contributed by atoms with E-state index in [0.29, 0.717) is 0 Å². The molecule has 2 unspecified atom stereocenters. The van der Waals surface area contributed by atoms with Crippen molar-refractivity contribution in [3.63, 3.8) is 0 Å². The standard InChI is InChI=1S/C15H23NO4S/c1-10(14(17)18)11(2)16-21(19,20)13-8-6-12(7-9-13)15(3,4)5/h6-11,16H,1-5H3,(H,17,18). The largest absolute Gasteiger partial charge is 0.481 e. The number of carboxylic acids is 1. The number of aliphatic carboxylic acids is 1. The normalized spacial score (nSPS) is 15.5. The first-order valence-corrected chi connectivity index (χ1v) is 8.29. The highest BCUT2D eigenvalue weighted by Gasteiger charge is 2.25. The number of hydrogen-bond acceptors (Lipinski definition) is 3. The lowest BCUT2D eigenvalue weighted by atomic mass is 9.87. The van der Waals surface area contributed by atoms with E-state index in [1.54, 1.807) is 31.2 Å². The molecule has 0 aliphatic carbocycles. The van der Waals surface area contributed by atoms with Crippen LogP contribution in [-0.4, -0.2) is 25.5 Å².